The van der Waals surface area contributed by atoms with Crippen molar-refractivity contribution in [3.05, 3.63) is 41.9 Å². The first-order valence-corrected chi connectivity index (χ1v) is 8.69. The smallest absolute Gasteiger partial charge is 0.407 e. The second-order valence-corrected chi connectivity index (χ2v) is 7.55. The van der Waals surface area contributed by atoms with Gasteiger partial charge in [-0.3, -0.25) is 0 Å². The number of hydrogen-bond acceptors (Lipinski definition) is 3. The summed E-state index contributed by atoms with van der Waals surface area (Å²) >= 11 is 1.58. The van der Waals surface area contributed by atoms with Gasteiger partial charge in [0.25, 0.3) is 0 Å². The number of hydrogen-bond donors (Lipinski definition) is 1. The molecule has 0 fully saturated rings. The van der Waals surface area contributed by atoms with Gasteiger partial charge in [0, 0.05) is 5.38 Å². The van der Waals surface area contributed by atoms with E-state index < -0.39 is 6.42 Å². The highest BCUT2D eigenvalue weighted by atomic mass is 32.1. The van der Waals surface area contributed by atoms with Gasteiger partial charge >= 0.3 is 12.4 Å². The zero-order valence-corrected chi connectivity index (χ0v) is 14.3. The zero-order chi connectivity index (χ0) is 15.9. The molecule has 0 aliphatic carbocycles. The molecule has 1 amide bonds. The van der Waals surface area contributed by atoms with Gasteiger partial charge in [0.05, 0.1) is 11.9 Å². The Labute approximate surface area is 135 Å². The average molecular weight is 315 g/mol. The lowest BCUT2D eigenvalue weighted by Gasteiger charge is -2.52. The Morgan fingerprint density at radius 2 is 1.77 bits per heavy atom. The highest BCUT2D eigenvalue weighted by Gasteiger charge is 2.53. The quantitative estimate of drug-likeness (QED) is 0.681. The molecule has 1 aromatic heterocycles. The summed E-state index contributed by atoms with van der Waals surface area (Å²) in [6, 6.07) is 10.0. The topological polar surface area (TPSA) is 36.2 Å². The van der Waals surface area contributed by atoms with Crippen molar-refractivity contribution < 1.29 is 9.36 Å². The summed E-state index contributed by atoms with van der Waals surface area (Å²) in [6.07, 6.45) is 0.579. The van der Waals surface area contributed by atoms with Crippen LogP contribution in [0.15, 0.2) is 41.9 Å². The lowest BCUT2D eigenvalue weighted by Crippen LogP contribution is -2.75. The number of anilines is 2. The fourth-order valence-electron chi connectivity index (χ4n) is 3.74. The average Bonchev–Trinajstić information content (AvgIpc) is 2.95. The Hall–Kier alpha value is -1.82. The van der Waals surface area contributed by atoms with Gasteiger partial charge in [0.2, 0.25) is 5.13 Å². The second-order valence-electron chi connectivity index (χ2n) is 6.65. The predicted octanol–water partition coefficient (Wildman–Crippen LogP) is 4.20. The molecule has 1 aliphatic rings. The number of carbonyl (C=O) groups is 1. The third-order valence-corrected chi connectivity index (χ3v) is 5.67. The van der Waals surface area contributed by atoms with E-state index in [9.17, 15) is 4.79 Å². The van der Waals surface area contributed by atoms with Gasteiger partial charge in [0.1, 0.15) is 0 Å². The largest absolute Gasteiger partial charge is 0.450 e. The number of benzene rings is 1. The summed E-state index contributed by atoms with van der Waals surface area (Å²) in [7, 11) is 0. The van der Waals surface area contributed by atoms with Crippen LogP contribution in [0.5, 0.6) is 0 Å². The zero-order valence-electron chi connectivity index (χ0n) is 13.5. The van der Waals surface area contributed by atoms with E-state index in [-0.39, 0.29) is 6.03 Å². The Balaban J connectivity index is 2.23. The molecule has 22 heavy (non-hydrogen) atoms. The third kappa shape index (κ3) is 2.05. The number of rotatable bonds is 3. The van der Waals surface area contributed by atoms with Crippen molar-refractivity contribution in [2.45, 2.75) is 39.3 Å². The molecule has 0 bridgehead atoms. The summed E-state index contributed by atoms with van der Waals surface area (Å²) in [5.74, 6) is 0.639. The van der Waals surface area contributed by atoms with Crippen LogP contribution in [0.3, 0.4) is 0 Å². The molecule has 0 saturated heterocycles. The van der Waals surface area contributed by atoms with Gasteiger partial charge < -0.3 is 10.0 Å². The fraction of sp³-hybridized carbons (Fsp3) is 0.375. The minimum atomic E-state index is -1.26. The van der Waals surface area contributed by atoms with Crippen molar-refractivity contribution in [2.75, 3.05) is 10.0 Å². The van der Waals surface area contributed by atoms with Crippen LogP contribution in [0, 0.1) is 0 Å². The number of nitrogens with one attached hydrogen (secondary N) is 1. The molecular weight excluding hydrogens is 293 g/mol. The molecule has 116 valence electrons. The lowest BCUT2D eigenvalue weighted by molar-refractivity contribution is -0.549. The molecule has 4 nitrogen and oxygen atoms in total. The highest BCUT2D eigenvalue weighted by molar-refractivity contribution is 7.14. The summed E-state index contributed by atoms with van der Waals surface area (Å²) < 4.78 is 1.71. The SMILES string of the molecule is CC(C)[B-]1(C(C)C)Nc2scc[n+]2C(=O)N1c1ccccc1. The van der Waals surface area contributed by atoms with Crippen LogP contribution >= 0.6 is 11.3 Å². The minimum absolute atomic E-state index is 0.0311. The van der Waals surface area contributed by atoms with E-state index in [0.717, 1.165) is 10.8 Å². The first-order valence-electron chi connectivity index (χ1n) is 7.81. The standard InChI is InChI=1S/C16H21BN3OS/c1-12(2)17(13(3)4)18-15-19(10-11-22-15)16(21)20(17)14-8-6-5-7-9-14/h5-13H,1-4H3/q-1/p+1. The molecule has 0 spiro atoms. The number of para-hydroxylation sites is 1. The second kappa shape index (κ2) is 5.43. The first kappa shape index (κ1) is 15.1. The molecular formula is C16H22BN3OS. The molecule has 0 atom stereocenters. The van der Waals surface area contributed by atoms with Gasteiger partial charge in [-0.25, -0.2) is 4.79 Å². The maximum Gasteiger partial charge on any atom is 0.407 e. The lowest BCUT2D eigenvalue weighted by atomic mass is 9.30. The summed E-state index contributed by atoms with van der Waals surface area (Å²) in [5, 5.41) is 6.60. The van der Waals surface area contributed by atoms with Crippen molar-refractivity contribution in [1.29, 1.82) is 0 Å². The van der Waals surface area contributed by atoms with Gasteiger partial charge in [-0.05, 0) is 12.1 Å². The van der Waals surface area contributed by atoms with E-state index >= 15 is 0 Å². The Bertz CT molecular complexity index is 676. The van der Waals surface area contributed by atoms with Crippen LogP contribution in [0.1, 0.15) is 27.7 Å². The molecule has 2 aromatic rings. The number of fused-ring (bicyclic) bond motifs is 1. The maximum atomic E-state index is 13.2. The van der Waals surface area contributed by atoms with Crippen molar-refractivity contribution in [3.8, 4) is 0 Å². The molecule has 1 aliphatic heterocycles. The molecule has 6 heteroatoms. The van der Waals surface area contributed by atoms with Crippen molar-refractivity contribution in [3.63, 3.8) is 0 Å². The van der Waals surface area contributed by atoms with Crippen molar-refractivity contribution in [1.82, 2.24) is 0 Å². The third-order valence-electron chi connectivity index (χ3n) is 4.87. The molecule has 1 aromatic carbocycles. The maximum absolute atomic E-state index is 13.2. The fourth-order valence-corrected chi connectivity index (χ4v) is 4.56. The summed E-state index contributed by atoms with van der Waals surface area (Å²) in [6.45, 7) is 8.78. The Morgan fingerprint density at radius 1 is 1.14 bits per heavy atom. The van der Waals surface area contributed by atoms with E-state index in [2.05, 4.69) is 32.9 Å². The van der Waals surface area contributed by atoms with Gasteiger partial charge in [-0.15, -0.1) is 11.6 Å². The molecule has 0 unspecified atom stereocenters. The number of aromatic nitrogens is 1. The van der Waals surface area contributed by atoms with Crippen LogP contribution in [0.25, 0.3) is 0 Å². The van der Waals surface area contributed by atoms with E-state index in [1.807, 2.05) is 46.7 Å². The minimum Gasteiger partial charge on any atom is -0.450 e. The number of carbonyl (C=O) groups excluding carboxylic acids is 1. The van der Waals surface area contributed by atoms with Crippen molar-refractivity contribution in [2.24, 2.45) is 0 Å². The highest BCUT2D eigenvalue weighted by Crippen LogP contribution is 2.41. The van der Waals surface area contributed by atoms with Gasteiger partial charge in [-0.1, -0.05) is 57.2 Å². The van der Waals surface area contributed by atoms with Gasteiger partial charge in [-0.2, -0.15) is 4.57 Å². The normalized spacial score (nSPS) is 16.8. The number of amides is 1. The predicted molar refractivity (Wildman–Crippen MR) is 93.8 cm³/mol. The van der Waals surface area contributed by atoms with Crippen LogP contribution in [0.4, 0.5) is 15.6 Å². The number of nitrogens with zero attached hydrogens (tertiary/aromatic N) is 2. The molecule has 0 saturated carbocycles. The molecule has 2 heterocycles. The first-order chi connectivity index (χ1) is 10.5. The molecule has 1 N–H and O–H groups in total. The molecule has 0 radical (unpaired) electrons. The van der Waals surface area contributed by atoms with Crippen LogP contribution in [0.2, 0.25) is 11.6 Å². The van der Waals surface area contributed by atoms with E-state index in [0.29, 0.717) is 11.6 Å². The van der Waals surface area contributed by atoms with Crippen LogP contribution in [-0.4, -0.2) is 12.4 Å². The number of thiazole rings is 1. The van der Waals surface area contributed by atoms with Crippen LogP contribution < -0.4 is 14.6 Å². The van der Waals surface area contributed by atoms with Crippen LogP contribution in [-0.2, 0) is 0 Å². The van der Waals surface area contributed by atoms with E-state index in [4.69, 9.17) is 0 Å². The van der Waals surface area contributed by atoms with E-state index in [1.165, 1.54) is 0 Å². The van der Waals surface area contributed by atoms with E-state index in [1.54, 1.807) is 15.9 Å². The molecule has 3 rings (SSSR count). The Kier molecular flexibility index (Phi) is 3.72. The monoisotopic (exact) mass is 315 g/mol. The van der Waals surface area contributed by atoms with Crippen molar-refractivity contribution >= 4 is 34.6 Å². The summed E-state index contributed by atoms with van der Waals surface area (Å²) in [5.41, 5.74) is 0.951. The summed E-state index contributed by atoms with van der Waals surface area (Å²) in [4.78, 5) is 15.2. The van der Waals surface area contributed by atoms with Gasteiger partial charge in [0.15, 0.2) is 0 Å². The Morgan fingerprint density at radius 3 is 2.36 bits per heavy atom.